The second-order valence-corrected chi connectivity index (χ2v) is 4.22. The quantitative estimate of drug-likeness (QED) is 0.549. The number of hydrogen-bond donors (Lipinski definition) is 0. The average Bonchev–Trinajstić information content (AvgIpc) is 2.30. The van der Waals surface area contributed by atoms with Gasteiger partial charge in [0, 0.05) is 0 Å². The molecule has 0 saturated carbocycles. The Kier molecular flexibility index (Phi) is 6.15. The zero-order valence-corrected chi connectivity index (χ0v) is 9.91. The summed E-state index contributed by atoms with van der Waals surface area (Å²) in [4.78, 5) is 0. The van der Waals surface area contributed by atoms with Gasteiger partial charge in [0.05, 0.1) is 0 Å². The molecular weight excluding hydrogens is 180 g/mol. The smallest absolute Gasteiger partial charge is 0.0165 e. The monoisotopic (exact) mass is 203 g/mol. The Morgan fingerprint density at radius 3 is 2.40 bits per heavy atom. The predicted octanol–water partition coefficient (Wildman–Crippen LogP) is 4.96. The Morgan fingerprint density at radius 2 is 1.80 bits per heavy atom. The van der Waals surface area contributed by atoms with Crippen LogP contribution in [0.3, 0.4) is 0 Å². The molecular formula is C15H23. The van der Waals surface area contributed by atoms with Crippen LogP contribution in [0, 0.1) is 6.92 Å². The summed E-state index contributed by atoms with van der Waals surface area (Å²) in [6.45, 7) is 6.17. The molecule has 0 amide bonds. The molecule has 0 aliphatic rings. The van der Waals surface area contributed by atoms with Gasteiger partial charge >= 0.3 is 0 Å². The van der Waals surface area contributed by atoms with E-state index in [9.17, 15) is 0 Å². The van der Waals surface area contributed by atoms with Crippen molar-refractivity contribution in [3.8, 4) is 0 Å². The lowest BCUT2D eigenvalue weighted by Crippen LogP contribution is -1.97. The fourth-order valence-corrected chi connectivity index (χ4v) is 2.08. The highest BCUT2D eigenvalue weighted by molar-refractivity contribution is 5.19. The van der Waals surface area contributed by atoms with E-state index in [1.165, 1.54) is 37.7 Å². The van der Waals surface area contributed by atoms with E-state index in [-0.39, 0.29) is 0 Å². The fraction of sp³-hybridized carbons (Fsp3) is 0.533. The second kappa shape index (κ2) is 7.50. The summed E-state index contributed by atoms with van der Waals surface area (Å²) in [5.74, 6) is 0.760. The van der Waals surface area contributed by atoms with Crippen molar-refractivity contribution >= 4 is 0 Å². The molecule has 0 saturated heterocycles. The molecule has 0 heteroatoms. The summed E-state index contributed by atoms with van der Waals surface area (Å²) < 4.78 is 0. The van der Waals surface area contributed by atoms with Gasteiger partial charge in [-0.25, -0.2) is 0 Å². The molecule has 0 fully saturated rings. The van der Waals surface area contributed by atoms with E-state index in [1.807, 2.05) is 0 Å². The molecule has 0 spiro atoms. The van der Waals surface area contributed by atoms with E-state index in [0.29, 0.717) is 0 Å². The number of rotatable bonds is 7. The van der Waals surface area contributed by atoms with Gasteiger partial charge in [-0.3, -0.25) is 0 Å². The lowest BCUT2D eigenvalue weighted by Gasteiger charge is -2.14. The van der Waals surface area contributed by atoms with Gasteiger partial charge < -0.3 is 0 Å². The van der Waals surface area contributed by atoms with Crippen molar-refractivity contribution in [2.75, 3.05) is 0 Å². The third-order valence-corrected chi connectivity index (χ3v) is 3.07. The zero-order valence-electron chi connectivity index (χ0n) is 9.91. The van der Waals surface area contributed by atoms with E-state index >= 15 is 0 Å². The van der Waals surface area contributed by atoms with Gasteiger partial charge in [0.1, 0.15) is 0 Å². The molecule has 0 heterocycles. The van der Waals surface area contributed by atoms with Crippen LogP contribution in [-0.4, -0.2) is 0 Å². The lowest BCUT2D eigenvalue weighted by molar-refractivity contribution is 0.547. The Labute approximate surface area is 94.7 Å². The van der Waals surface area contributed by atoms with Crippen LogP contribution in [0.1, 0.15) is 56.9 Å². The van der Waals surface area contributed by atoms with Gasteiger partial charge in [-0.2, -0.15) is 0 Å². The van der Waals surface area contributed by atoms with Crippen molar-refractivity contribution in [2.24, 2.45) is 0 Å². The highest BCUT2D eigenvalue weighted by Crippen LogP contribution is 2.25. The third-order valence-electron chi connectivity index (χ3n) is 3.07. The van der Waals surface area contributed by atoms with E-state index in [0.717, 1.165) is 12.3 Å². The molecule has 0 aliphatic carbocycles. The topological polar surface area (TPSA) is 0 Å². The predicted molar refractivity (Wildman–Crippen MR) is 67.9 cm³/mol. The highest BCUT2D eigenvalue weighted by atomic mass is 14.1. The van der Waals surface area contributed by atoms with Gasteiger partial charge in [-0.15, -0.1) is 0 Å². The second-order valence-electron chi connectivity index (χ2n) is 4.22. The minimum atomic E-state index is 0.760. The zero-order chi connectivity index (χ0) is 10.9. The Balaban J connectivity index is 2.36. The molecule has 1 aromatic carbocycles. The standard InChI is InChI=1S/C15H23/c1-3-5-6-8-11-14(4-2)15-12-9-7-10-13-15/h7,9-10,12-14H,1,3-6,8,11H2,2H3. The van der Waals surface area contributed by atoms with Gasteiger partial charge in [-0.05, 0) is 24.3 Å². The minimum absolute atomic E-state index is 0.760. The van der Waals surface area contributed by atoms with Crippen LogP contribution in [0.15, 0.2) is 30.3 Å². The Bertz CT molecular complexity index is 237. The van der Waals surface area contributed by atoms with E-state index in [1.54, 1.807) is 0 Å². The van der Waals surface area contributed by atoms with Gasteiger partial charge in [0.25, 0.3) is 0 Å². The first kappa shape index (κ1) is 12.3. The normalized spacial score (nSPS) is 12.7. The average molecular weight is 203 g/mol. The van der Waals surface area contributed by atoms with E-state index < -0.39 is 0 Å². The Morgan fingerprint density at radius 1 is 1.07 bits per heavy atom. The summed E-state index contributed by atoms with van der Waals surface area (Å²) in [5, 5.41) is 0. The summed E-state index contributed by atoms with van der Waals surface area (Å²) in [7, 11) is 0. The molecule has 0 aromatic heterocycles. The molecule has 1 radical (unpaired) electrons. The summed E-state index contributed by atoms with van der Waals surface area (Å²) in [6.07, 6.45) is 7.65. The molecule has 1 unspecified atom stereocenters. The fourth-order valence-electron chi connectivity index (χ4n) is 2.08. The van der Waals surface area contributed by atoms with E-state index in [4.69, 9.17) is 0 Å². The molecule has 15 heavy (non-hydrogen) atoms. The van der Waals surface area contributed by atoms with Crippen molar-refractivity contribution in [3.63, 3.8) is 0 Å². The molecule has 0 aliphatic heterocycles. The van der Waals surface area contributed by atoms with Crippen molar-refractivity contribution in [3.05, 3.63) is 42.8 Å². The summed E-state index contributed by atoms with van der Waals surface area (Å²) in [6, 6.07) is 10.9. The molecule has 0 N–H and O–H groups in total. The first-order valence-electron chi connectivity index (χ1n) is 6.22. The van der Waals surface area contributed by atoms with E-state index in [2.05, 4.69) is 44.2 Å². The van der Waals surface area contributed by atoms with Gasteiger partial charge in [-0.1, -0.05) is 69.9 Å². The largest absolute Gasteiger partial charge is 0.0648 e. The van der Waals surface area contributed by atoms with Crippen LogP contribution in [0.25, 0.3) is 0 Å². The van der Waals surface area contributed by atoms with Crippen LogP contribution < -0.4 is 0 Å². The minimum Gasteiger partial charge on any atom is -0.0648 e. The number of hydrogen-bond acceptors (Lipinski definition) is 0. The maximum atomic E-state index is 3.88. The van der Waals surface area contributed by atoms with Crippen LogP contribution in [0.2, 0.25) is 0 Å². The third kappa shape index (κ3) is 4.51. The highest BCUT2D eigenvalue weighted by Gasteiger charge is 2.07. The van der Waals surface area contributed by atoms with Crippen molar-refractivity contribution in [2.45, 2.75) is 51.4 Å². The molecule has 0 bridgehead atoms. The number of benzene rings is 1. The van der Waals surface area contributed by atoms with Crippen molar-refractivity contribution in [1.82, 2.24) is 0 Å². The van der Waals surface area contributed by atoms with Crippen LogP contribution >= 0.6 is 0 Å². The van der Waals surface area contributed by atoms with Crippen LogP contribution in [-0.2, 0) is 0 Å². The van der Waals surface area contributed by atoms with Crippen LogP contribution in [0.5, 0.6) is 0 Å². The summed E-state index contributed by atoms with van der Waals surface area (Å²) >= 11 is 0. The SMILES string of the molecule is [CH2]CCCCCC(CC)c1ccccc1. The maximum Gasteiger partial charge on any atom is -0.0165 e. The molecule has 1 atom stereocenters. The van der Waals surface area contributed by atoms with Gasteiger partial charge in [0.2, 0.25) is 0 Å². The maximum absolute atomic E-state index is 3.88. The molecule has 1 rings (SSSR count). The lowest BCUT2D eigenvalue weighted by atomic mass is 9.91. The molecule has 0 nitrogen and oxygen atoms in total. The molecule has 1 aromatic rings. The van der Waals surface area contributed by atoms with Crippen molar-refractivity contribution < 1.29 is 0 Å². The van der Waals surface area contributed by atoms with Gasteiger partial charge in [0.15, 0.2) is 0 Å². The first-order chi connectivity index (χ1) is 7.38. The molecule has 83 valence electrons. The number of unbranched alkanes of at least 4 members (excludes halogenated alkanes) is 3. The first-order valence-corrected chi connectivity index (χ1v) is 6.22. The van der Waals surface area contributed by atoms with Crippen molar-refractivity contribution in [1.29, 1.82) is 0 Å². The Hall–Kier alpha value is -0.780. The van der Waals surface area contributed by atoms with Crippen LogP contribution in [0.4, 0.5) is 0 Å². The summed E-state index contributed by atoms with van der Waals surface area (Å²) in [5.41, 5.74) is 1.51.